The molecule has 0 spiro atoms. The van der Waals surface area contributed by atoms with E-state index < -0.39 is 46.3 Å². The van der Waals surface area contributed by atoms with Crippen LogP contribution in [0.1, 0.15) is 5.56 Å². The van der Waals surface area contributed by atoms with E-state index in [1.165, 1.54) is 0 Å². The van der Waals surface area contributed by atoms with Crippen LogP contribution in [0.2, 0.25) is 0 Å². The number of β-lactam (4-membered cyclic amide) rings is 1. The summed E-state index contributed by atoms with van der Waals surface area (Å²) in [5.41, 5.74) is 5.44. The Morgan fingerprint density at radius 3 is 2.37 bits per heavy atom. The van der Waals surface area contributed by atoms with E-state index in [1.54, 1.807) is 30.3 Å². The number of nitrogens with one attached hydrogen (secondary N) is 1. The van der Waals surface area contributed by atoms with Gasteiger partial charge in [0, 0.05) is 0 Å². The number of primary amides is 1. The molecule has 1 aliphatic heterocycles. The first-order valence-corrected chi connectivity index (χ1v) is 8.59. The third-order valence-electron chi connectivity index (χ3n) is 3.51. The van der Waals surface area contributed by atoms with Crippen LogP contribution in [0.15, 0.2) is 30.3 Å². The lowest BCUT2D eigenvalue weighted by Crippen LogP contribution is -2.76. The molecule has 1 aromatic rings. The molecule has 14 heteroatoms. The number of nitrogens with zero attached hydrogens (tertiary/aromatic N) is 2. The molecule has 1 heterocycles. The molecule has 0 saturated carbocycles. The van der Waals surface area contributed by atoms with Crippen LogP contribution in [0.4, 0.5) is 9.59 Å². The number of carbonyl (C=O) groups is 4. The fourth-order valence-corrected chi connectivity index (χ4v) is 3.09. The van der Waals surface area contributed by atoms with E-state index in [9.17, 15) is 27.6 Å². The molecular formula is C13H15N5O8S. The molecule has 2 rings (SSSR count). The second kappa shape index (κ2) is 7.56. The minimum atomic E-state index is -5.16. The van der Waals surface area contributed by atoms with Crippen molar-refractivity contribution in [3.05, 3.63) is 35.9 Å². The maximum Gasteiger partial charge on any atom is 0.408 e. The first-order chi connectivity index (χ1) is 12.5. The van der Waals surface area contributed by atoms with Crippen molar-refractivity contribution < 1.29 is 36.9 Å². The monoisotopic (exact) mass is 401 g/mol. The molecule has 2 atom stereocenters. The smallest absolute Gasteiger partial charge is 0.408 e. The Hall–Kier alpha value is -3.23. The highest BCUT2D eigenvalue weighted by molar-refractivity contribution is 7.84. The molecule has 146 valence electrons. The first kappa shape index (κ1) is 20.1. The van der Waals surface area contributed by atoms with E-state index >= 15 is 0 Å². The van der Waals surface area contributed by atoms with Gasteiger partial charge in [-0.05, 0) is 5.56 Å². The van der Waals surface area contributed by atoms with Gasteiger partial charge >= 0.3 is 22.4 Å². The Labute approximate surface area is 152 Å². The third kappa shape index (κ3) is 4.30. The standard InChI is InChI=1S/C13H15N5O8S/c14-12(21)17(15)11(20)9-8(10(19)18(9)27(23,24)25)16-13(22)26-6-7-4-2-1-3-5-7/h1-5,8-9H,6,15H2,(H2,14,21)(H,16,22)(H,23,24,25)/t8-,9-/m1/s1. The van der Waals surface area contributed by atoms with Crippen molar-refractivity contribution in [2.45, 2.75) is 18.7 Å². The second-order valence-corrected chi connectivity index (χ2v) is 6.58. The lowest BCUT2D eigenvalue weighted by Gasteiger charge is -2.43. The van der Waals surface area contributed by atoms with Crippen LogP contribution < -0.4 is 16.9 Å². The molecular weight excluding hydrogens is 386 g/mol. The Kier molecular flexibility index (Phi) is 5.63. The summed E-state index contributed by atoms with van der Waals surface area (Å²) in [5, 5.41) is 1.83. The zero-order chi connectivity index (χ0) is 20.4. The summed E-state index contributed by atoms with van der Waals surface area (Å²) in [5.74, 6) is 2.33. The molecule has 1 aliphatic rings. The quantitative estimate of drug-likeness (QED) is 0.142. The summed E-state index contributed by atoms with van der Waals surface area (Å²) in [6, 6.07) is 3.27. The van der Waals surface area contributed by atoms with Crippen molar-refractivity contribution >= 4 is 34.2 Å². The number of hydrogen-bond donors (Lipinski definition) is 4. The number of carbonyl (C=O) groups excluding carboxylic acids is 4. The molecule has 5 amide bonds. The predicted molar refractivity (Wildman–Crippen MR) is 86.4 cm³/mol. The summed E-state index contributed by atoms with van der Waals surface area (Å²) >= 11 is 0. The number of benzene rings is 1. The summed E-state index contributed by atoms with van der Waals surface area (Å²) in [7, 11) is -5.16. The van der Waals surface area contributed by atoms with Crippen molar-refractivity contribution in [1.82, 2.24) is 14.6 Å². The summed E-state index contributed by atoms with van der Waals surface area (Å²) in [4.78, 5) is 46.8. The molecule has 13 nitrogen and oxygen atoms in total. The number of hydrazine groups is 1. The number of nitrogens with two attached hydrogens (primary N) is 2. The van der Waals surface area contributed by atoms with Gasteiger partial charge in [0.25, 0.3) is 11.8 Å². The van der Waals surface area contributed by atoms with Crippen LogP contribution in [0.5, 0.6) is 0 Å². The van der Waals surface area contributed by atoms with Crippen LogP contribution in [0.25, 0.3) is 0 Å². The van der Waals surface area contributed by atoms with Crippen LogP contribution in [0, 0.1) is 0 Å². The van der Waals surface area contributed by atoms with Gasteiger partial charge in [-0.25, -0.2) is 15.4 Å². The lowest BCUT2D eigenvalue weighted by molar-refractivity contribution is -0.153. The minimum absolute atomic E-state index is 0.154. The highest BCUT2D eigenvalue weighted by atomic mass is 32.2. The lowest BCUT2D eigenvalue weighted by atomic mass is 9.98. The molecule has 0 unspecified atom stereocenters. The fourth-order valence-electron chi connectivity index (χ4n) is 2.25. The van der Waals surface area contributed by atoms with Crippen molar-refractivity contribution in [3.63, 3.8) is 0 Å². The molecule has 0 aromatic heterocycles. The van der Waals surface area contributed by atoms with Gasteiger partial charge in [-0.3, -0.25) is 14.1 Å². The zero-order valence-electron chi connectivity index (χ0n) is 13.5. The van der Waals surface area contributed by atoms with Gasteiger partial charge in [0.05, 0.1) is 0 Å². The van der Waals surface area contributed by atoms with E-state index in [4.69, 9.17) is 20.9 Å². The maximum absolute atomic E-state index is 12.1. The molecule has 0 aliphatic carbocycles. The van der Waals surface area contributed by atoms with Gasteiger partial charge in [-0.1, -0.05) is 30.3 Å². The van der Waals surface area contributed by atoms with Crippen LogP contribution >= 0.6 is 0 Å². The number of ether oxygens (including phenoxy) is 1. The van der Waals surface area contributed by atoms with Gasteiger partial charge in [0.1, 0.15) is 12.6 Å². The zero-order valence-corrected chi connectivity index (χ0v) is 14.3. The molecule has 1 fully saturated rings. The van der Waals surface area contributed by atoms with Crippen LogP contribution in [-0.4, -0.2) is 58.3 Å². The Balaban J connectivity index is 2.11. The Morgan fingerprint density at radius 1 is 1.26 bits per heavy atom. The van der Waals surface area contributed by atoms with Gasteiger partial charge in [-0.2, -0.15) is 17.7 Å². The SMILES string of the molecule is NC(=O)N(N)C(=O)[C@H]1[C@@H](NC(=O)OCc2ccccc2)C(=O)N1S(=O)(=O)O. The average Bonchev–Trinajstić information content (AvgIpc) is 2.60. The van der Waals surface area contributed by atoms with E-state index in [0.29, 0.717) is 5.56 Å². The number of alkyl carbamates (subject to hydrolysis) is 1. The molecule has 1 saturated heterocycles. The van der Waals surface area contributed by atoms with Crippen LogP contribution in [-0.2, 0) is 31.2 Å². The maximum atomic E-state index is 12.1. The molecule has 6 N–H and O–H groups in total. The normalized spacial score (nSPS) is 19.0. The first-order valence-electron chi connectivity index (χ1n) is 7.20. The minimum Gasteiger partial charge on any atom is -0.445 e. The number of rotatable bonds is 5. The Bertz CT molecular complexity index is 874. The molecule has 0 radical (unpaired) electrons. The third-order valence-corrected chi connectivity index (χ3v) is 4.42. The van der Waals surface area contributed by atoms with E-state index in [0.717, 1.165) is 0 Å². The second-order valence-electron chi connectivity index (χ2n) is 5.29. The number of urea groups is 1. The van der Waals surface area contributed by atoms with Crippen molar-refractivity contribution in [2.75, 3.05) is 0 Å². The van der Waals surface area contributed by atoms with E-state index in [-0.39, 0.29) is 15.9 Å². The highest BCUT2D eigenvalue weighted by Gasteiger charge is 2.59. The Morgan fingerprint density at radius 2 is 1.85 bits per heavy atom. The average molecular weight is 401 g/mol. The van der Waals surface area contributed by atoms with Crippen molar-refractivity contribution in [2.24, 2.45) is 11.6 Å². The molecule has 1 aromatic carbocycles. The van der Waals surface area contributed by atoms with E-state index in [2.05, 4.69) is 0 Å². The van der Waals surface area contributed by atoms with E-state index in [1.807, 2.05) is 5.32 Å². The fraction of sp³-hybridized carbons (Fsp3) is 0.231. The van der Waals surface area contributed by atoms with Gasteiger partial charge in [0.2, 0.25) is 0 Å². The number of hydrogen-bond acceptors (Lipinski definition) is 8. The van der Waals surface area contributed by atoms with Gasteiger partial charge < -0.3 is 15.8 Å². The summed E-state index contributed by atoms with van der Waals surface area (Å²) in [6.45, 7) is -0.168. The van der Waals surface area contributed by atoms with Crippen molar-refractivity contribution in [1.29, 1.82) is 0 Å². The summed E-state index contributed by atoms with van der Waals surface area (Å²) < 4.78 is 36.2. The summed E-state index contributed by atoms with van der Waals surface area (Å²) in [6.07, 6.45) is -1.15. The largest absolute Gasteiger partial charge is 0.445 e. The molecule has 27 heavy (non-hydrogen) atoms. The highest BCUT2D eigenvalue weighted by Crippen LogP contribution is 2.25. The van der Waals surface area contributed by atoms with Gasteiger partial charge in [-0.15, -0.1) is 0 Å². The molecule has 0 bridgehead atoms. The number of imide groups is 1. The number of amides is 5. The van der Waals surface area contributed by atoms with Crippen LogP contribution in [0.3, 0.4) is 0 Å². The van der Waals surface area contributed by atoms with Crippen molar-refractivity contribution in [3.8, 4) is 0 Å². The van der Waals surface area contributed by atoms with Gasteiger partial charge in [0.15, 0.2) is 6.04 Å². The predicted octanol–water partition coefficient (Wildman–Crippen LogP) is -1.92. The topological polar surface area (TPSA) is 202 Å².